The predicted molar refractivity (Wildman–Crippen MR) is 75.1 cm³/mol. The van der Waals surface area contributed by atoms with Crippen molar-refractivity contribution in [3.8, 4) is 0 Å². The van der Waals surface area contributed by atoms with Crippen molar-refractivity contribution in [3.63, 3.8) is 0 Å². The lowest BCUT2D eigenvalue weighted by Gasteiger charge is -2.26. The first kappa shape index (κ1) is 14.2. The summed E-state index contributed by atoms with van der Waals surface area (Å²) in [6.07, 6.45) is 1.15. The van der Waals surface area contributed by atoms with E-state index in [1.54, 1.807) is 0 Å². The summed E-state index contributed by atoms with van der Waals surface area (Å²) in [4.78, 5) is 2.29. The van der Waals surface area contributed by atoms with Crippen LogP contribution in [-0.4, -0.2) is 25.0 Å². The van der Waals surface area contributed by atoms with Crippen LogP contribution in [0.25, 0.3) is 0 Å². The summed E-state index contributed by atoms with van der Waals surface area (Å²) in [6.45, 7) is 8.36. The molecule has 0 saturated heterocycles. The van der Waals surface area contributed by atoms with Gasteiger partial charge in [0.05, 0.1) is 0 Å². The third-order valence-corrected chi connectivity index (χ3v) is 3.26. The first-order valence-electron chi connectivity index (χ1n) is 6.57. The van der Waals surface area contributed by atoms with E-state index in [1.807, 2.05) is 0 Å². The molecule has 96 valence electrons. The van der Waals surface area contributed by atoms with Crippen LogP contribution < -0.4 is 5.73 Å². The maximum Gasteiger partial charge on any atom is 0.0467 e. The Kier molecular flexibility index (Phi) is 5.66. The summed E-state index contributed by atoms with van der Waals surface area (Å²) in [5.41, 5.74) is 8.60. The second-order valence-corrected chi connectivity index (χ2v) is 5.16. The van der Waals surface area contributed by atoms with Gasteiger partial charge in [0.1, 0.15) is 0 Å². The first-order valence-corrected chi connectivity index (χ1v) is 6.57. The van der Waals surface area contributed by atoms with Gasteiger partial charge < -0.3 is 5.73 Å². The van der Waals surface area contributed by atoms with Gasteiger partial charge in [0, 0.05) is 12.6 Å². The molecule has 0 fully saturated rings. The van der Waals surface area contributed by atoms with Gasteiger partial charge in [-0.05, 0) is 37.1 Å². The highest BCUT2D eigenvalue weighted by atomic mass is 15.1. The van der Waals surface area contributed by atoms with E-state index in [1.165, 1.54) is 11.1 Å². The second kappa shape index (κ2) is 6.77. The van der Waals surface area contributed by atoms with E-state index in [0.717, 1.165) is 13.0 Å². The Balaban J connectivity index is 2.77. The van der Waals surface area contributed by atoms with Crippen LogP contribution in [0, 0.1) is 5.92 Å². The van der Waals surface area contributed by atoms with Crippen molar-refractivity contribution in [2.75, 3.05) is 20.1 Å². The van der Waals surface area contributed by atoms with Gasteiger partial charge >= 0.3 is 0 Å². The zero-order chi connectivity index (χ0) is 12.8. The van der Waals surface area contributed by atoms with E-state index in [2.05, 4.69) is 57.0 Å². The molecule has 0 amide bonds. The molecule has 0 aliphatic rings. The van der Waals surface area contributed by atoms with E-state index < -0.39 is 0 Å². The normalized spacial score (nSPS) is 13.4. The van der Waals surface area contributed by atoms with Crippen molar-refractivity contribution in [2.45, 2.75) is 33.2 Å². The van der Waals surface area contributed by atoms with Crippen molar-refractivity contribution >= 4 is 0 Å². The zero-order valence-electron chi connectivity index (χ0n) is 11.6. The molecular formula is C15H26N2. The van der Waals surface area contributed by atoms with E-state index in [0.29, 0.717) is 18.5 Å². The van der Waals surface area contributed by atoms with E-state index >= 15 is 0 Å². The van der Waals surface area contributed by atoms with Gasteiger partial charge in [0.2, 0.25) is 0 Å². The molecule has 2 N–H and O–H groups in total. The Morgan fingerprint density at radius 1 is 1.18 bits per heavy atom. The first-order chi connectivity index (χ1) is 8.08. The van der Waals surface area contributed by atoms with E-state index in [9.17, 15) is 0 Å². The van der Waals surface area contributed by atoms with Gasteiger partial charge in [-0.3, -0.25) is 4.90 Å². The summed E-state index contributed by atoms with van der Waals surface area (Å²) >= 11 is 0. The average molecular weight is 234 g/mol. The molecule has 0 bridgehead atoms. The summed E-state index contributed by atoms with van der Waals surface area (Å²) < 4.78 is 0. The minimum absolute atomic E-state index is 0.341. The van der Waals surface area contributed by atoms with Crippen LogP contribution in [0.2, 0.25) is 0 Å². The molecule has 0 heterocycles. The van der Waals surface area contributed by atoms with Crippen molar-refractivity contribution in [1.82, 2.24) is 4.90 Å². The summed E-state index contributed by atoms with van der Waals surface area (Å²) in [5, 5.41) is 0. The zero-order valence-corrected chi connectivity index (χ0v) is 11.6. The van der Waals surface area contributed by atoms with Crippen molar-refractivity contribution in [2.24, 2.45) is 11.7 Å². The molecule has 1 aromatic carbocycles. The SMILES string of the molecule is CCN(C)C(CN)c1ccc(CC(C)C)cc1. The Morgan fingerprint density at radius 2 is 1.76 bits per heavy atom. The Bertz CT molecular complexity index is 316. The van der Waals surface area contributed by atoms with Gasteiger partial charge in [-0.1, -0.05) is 45.0 Å². The molecule has 0 aromatic heterocycles. The van der Waals surface area contributed by atoms with Crippen LogP contribution in [0.4, 0.5) is 0 Å². The predicted octanol–water partition coefficient (Wildman–Crippen LogP) is 2.84. The Labute approximate surface area is 106 Å². The molecule has 1 atom stereocenters. The van der Waals surface area contributed by atoms with Gasteiger partial charge in [-0.15, -0.1) is 0 Å². The van der Waals surface area contributed by atoms with Crippen LogP contribution in [-0.2, 0) is 6.42 Å². The van der Waals surface area contributed by atoms with Crippen molar-refractivity contribution < 1.29 is 0 Å². The molecule has 1 unspecified atom stereocenters. The summed E-state index contributed by atoms with van der Waals surface area (Å²) in [6, 6.07) is 9.26. The van der Waals surface area contributed by atoms with Crippen LogP contribution in [0.1, 0.15) is 37.9 Å². The van der Waals surface area contributed by atoms with Gasteiger partial charge in [-0.2, -0.15) is 0 Å². The molecule has 0 aliphatic carbocycles. The summed E-state index contributed by atoms with van der Waals surface area (Å²) in [5.74, 6) is 0.712. The molecule has 0 aliphatic heterocycles. The number of nitrogens with two attached hydrogens (primary N) is 1. The van der Waals surface area contributed by atoms with Crippen molar-refractivity contribution in [1.29, 1.82) is 0 Å². The lowest BCUT2D eigenvalue weighted by atomic mass is 9.99. The highest BCUT2D eigenvalue weighted by Gasteiger charge is 2.13. The minimum atomic E-state index is 0.341. The monoisotopic (exact) mass is 234 g/mol. The summed E-state index contributed by atoms with van der Waals surface area (Å²) in [7, 11) is 2.12. The van der Waals surface area contributed by atoms with Crippen LogP contribution in [0.5, 0.6) is 0 Å². The maximum absolute atomic E-state index is 5.86. The lowest BCUT2D eigenvalue weighted by molar-refractivity contribution is 0.263. The smallest absolute Gasteiger partial charge is 0.0467 e. The topological polar surface area (TPSA) is 29.3 Å². The number of hydrogen-bond acceptors (Lipinski definition) is 2. The number of nitrogens with zero attached hydrogens (tertiary/aromatic N) is 1. The molecule has 17 heavy (non-hydrogen) atoms. The van der Waals surface area contributed by atoms with Gasteiger partial charge in [0.25, 0.3) is 0 Å². The molecular weight excluding hydrogens is 208 g/mol. The number of hydrogen-bond donors (Lipinski definition) is 1. The third-order valence-electron chi connectivity index (χ3n) is 3.26. The number of rotatable bonds is 6. The Morgan fingerprint density at radius 3 is 2.18 bits per heavy atom. The fourth-order valence-corrected chi connectivity index (χ4v) is 2.14. The Hall–Kier alpha value is -0.860. The largest absolute Gasteiger partial charge is 0.329 e. The third kappa shape index (κ3) is 4.14. The van der Waals surface area contributed by atoms with Gasteiger partial charge in [0.15, 0.2) is 0 Å². The fraction of sp³-hybridized carbons (Fsp3) is 0.600. The van der Waals surface area contributed by atoms with Crippen LogP contribution in [0.15, 0.2) is 24.3 Å². The molecule has 2 heteroatoms. The fourth-order valence-electron chi connectivity index (χ4n) is 2.14. The second-order valence-electron chi connectivity index (χ2n) is 5.16. The molecule has 1 aromatic rings. The average Bonchev–Trinajstić information content (AvgIpc) is 2.31. The molecule has 2 nitrogen and oxygen atoms in total. The quantitative estimate of drug-likeness (QED) is 0.820. The molecule has 0 radical (unpaired) electrons. The van der Waals surface area contributed by atoms with E-state index in [4.69, 9.17) is 5.73 Å². The highest BCUT2D eigenvalue weighted by Crippen LogP contribution is 2.19. The molecule has 1 rings (SSSR count). The van der Waals surface area contributed by atoms with Crippen LogP contribution >= 0.6 is 0 Å². The number of likely N-dealkylation sites (N-methyl/N-ethyl adjacent to an activating group) is 1. The standard InChI is InChI=1S/C15H26N2/c1-5-17(4)15(11-16)14-8-6-13(7-9-14)10-12(2)3/h6-9,12,15H,5,10-11,16H2,1-4H3. The maximum atomic E-state index is 5.86. The minimum Gasteiger partial charge on any atom is -0.329 e. The van der Waals surface area contributed by atoms with Gasteiger partial charge in [-0.25, -0.2) is 0 Å². The highest BCUT2D eigenvalue weighted by molar-refractivity contribution is 5.25. The lowest BCUT2D eigenvalue weighted by Crippen LogP contribution is -2.30. The number of benzene rings is 1. The molecule has 0 spiro atoms. The van der Waals surface area contributed by atoms with Crippen molar-refractivity contribution in [3.05, 3.63) is 35.4 Å². The van der Waals surface area contributed by atoms with Crippen LogP contribution in [0.3, 0.4) is 0 Å². The molecule has 0 saturated carbocycles. The van der Waals surface area contributed by atoms with E-state index in [-0.39, 0.29) is 0 Å².